The van der Waals surface area contributed by atoms with Crippen LogP contribution in [0, 0.1) is 0 Å². The lowest BCUT2D eigenvalue weighted by Gasteiger charge is -2.18. The molecule has 2 amide bonds. The molecule has 0 aliphatic carbocycles. The molecule has 2 rings (SSSR count). The first-order valence-corrected chi connectivity index (χ1v) is 6.87. The molecule has 0 fully saturated rings. The zero-order valence-corrected chi connectivity index (χ0v) is 12.5. The highest BCUT2D eigenvalue weighted by Crippen LogP contribution is 2.18. The number of hydrogen-bond donors (Lipinski definition) is 2. The fourth-order valence-electron chi connectivity index (χ4n) is 1.98. The van der Waals surface area contributed by atoms with Gasteiger partial charge in [0, 0.05) is 23.9 Å². The molecule has 0 atom stereocenters. The van der Waals surface area contributed by atoms with E-state index in [2.05, 4.69) is 5.32 Å². The van der Waals surface area contributed by atoms with E-state index < -0.39 is 0 Å². The zero-order chi connectivity index (χ0) is 16.1. The SMILES string of the molecule is CC(=O)c1ccc(NC(=O)N(C)Cc2ccccc2O)cc1. The Hall–Kier alpha value is -2.82. The second-order valence-corrected chi connectivity index (χ2v) is 5.05. The standard InChI is InChI=1S/C17H18N2O3/c1-12(20)13-7-9-15(10-8-13)18-17(22)19(2)11-14-5-3-4-6-16(14)21/h3-10,21H,11H2,1-2H3,(H,18,22). The van der Waals surface area contributed by atoms with Gasteiger partial charge in [0.2, 0.25) is 0 Å². The number of Topliss-reactive ketones (excluding diaryl/α,β-unsaturated/α-hetero) is 1. The number of benzene rings is 2. The molecule has 0 bridgehead atoms. The Morgan fingerprint density at radius 2 is 1.73 bits per heavy atom. The van der Waals surface area contributed by atoms with Crippen molar-refractivity contribution in [2.75, 3.05) is 12.4 Å². The van der Waals surface area contributed by atoms with Gasteiger partial charge >= 0.3 is 6.03 Å². The van der Waals surface area contributed by atoms with Gasteiger partial charge in [0.05, 0.1) is 6.54 Å². The number of aromatic hydroxyl groups is 1. The predicted molar refractivity (Wildman–Crippen MR) is 85.0 cm³/mol. The minimum atomic E-state index is -0.293. The first-order chi connectivity index (χ1) is 10.5. The third-order valence-electron chi connectivity index (χ3n) is 3.29. The average molecular weight is 298 g/mol. The number of amides is 2. The van der Waals surface area contributed by atoms with Gasteiger partial charge in [-0.3, -0.25) is 4.79 Å². The van der Waals surface area contributed by atoms with Crippen molar-refractivity contribution < 1.29 is 14.7 Å². The Bertz CT molecular complexity index is 681. The summed E-state index contributed by atoms with van der Waals surface area (Å²) >= 11 is 0. The van der Waals surface area contributed by atoms with E-state index in [4.69, 9.17) is 0 Å². The summed E-state index contributed by atoms with van der Waals surface area (Å²) in [6, 6.07) is 13.3. The van der Waals surface area contributed by atoms with Gasteiger partial charge in [0.15, 0.2) is 5.78 Å². The summed E-state index contributed by atoms with van der Waals surface area (Å²) in [5.41, 5.74) is 1.88. The largest absolute Gasteiger partial charge is 0.508 e. The Labute approximate surface area is 129 Å². The molecule has 22 heavy (non-hydrogen) atoms. The van der Waals surface area contributed by atoms with Crippen LogP contribution in [-0.2, 0) is 6.54 Å². The Morgan fingerprint density at radius 1 is 1.09 bits per heavy atom. The molecule has 0 saturated carbocycles. The molecular formula is C17H18N2O3. The molecule has 0 aromatic heterocycles. The van der Waals surface area contributed by atoms with Crippen LogP contribution in [0.2, 0.25) is 0 Å². The van der Waals surface area contributed by atoms with Crippen LogP contribution in [0.1, 0.15) is 22.8 Å². The second-order valence-electron chi connectivity index (χ2n) is 5.05. The number of carbonyl (C=O) groups excluding carboxylic acids is 2. The van der Waals surface area contributed by atoms with Gasteiger partial charge in [-0.1, -0.05) is 18.2 Å². The molecule has 114 valence electrons. The third-order valence-corrected chi connectivity index (χ3v) is 3.29. The summed E-state index contributed by atoms with van der Waals surface area (Å²) in [6.45, 7) is 1.79. The van der Waals surface area contributed by atoms with E-state index in [-0.39, 0.29) is 17.6 Å². The van der Waals surface area contributed by atoms with Crippen molar-refractivity contribution in [3.63, 3.8) is 0 Å². The molecule has 0 aliphatic rings. The summed E-state index contributed by atoms with van der Waals surface area (Å²) in [5, 5.41) is 12.5. The molecule has 2 N–H and O–H groups in total. The summed E-state index contributed by atoms with van der Waals surface area (Å²) in [4.78, 5) is 24.8. The summed E-state index contributed by atoms with van der Waals surface area (Å²) in [6.07, 6.45) is 0. The monoisotopic (exact) mass is 298 g/mol. The topological polar surface area (TPSA) is 69.6 Å². The van der Waals surface area contributed by atoms with Crippen LogP contribution in [0.25, 0.3) is 0 Å². The van der Waals surface area contributed by atoms with E-state index >= 15 is 0 Å². The normalized spacial score (nSPS) is 10.1. The number of anilines is 1. The van der Waals surface area contributed by atoms with E-state index in [0.29, 0.717) is 23.4 Å². The predicted octanol–water partition coefficient (Wildman–Crippen LogP) is 3.26. The highest BCUT2D eigenvalue weighted by Gasteiger charge is 2.11. The third kappa shape index (κ3) is 3.85. The number of hydrogen-bond acceptors (Lipinski definition) is 3. The van der Waals surface area contributed by atoms with E-state index in [1.807, 2.05) is 0 Å². The van der Waals surface area contributed by atoms with Crippen LogP contribution < -0.4 is 5.32 Å². The number of rotatable bonds is 4. The zero-order valence-electron chi connectivity index (χ0n) is 12.5. The molecule has 5 nitrogen and oxygen atoms in total. The summed E-state index contributed by atoms with van der Waals surface area (Å²) in [5.74, 6) is 0.141. The van der Waals surface area contributed by atoms with Gasteiger partial charge in [-0.05, 0) is 37.3 Å². The first-order valence-electron chi connectivity index (χ1n) is 6.87. The molecule has 0 unspecified atom stereocenters. The number of urea groups is 1. The van der Waals surface area contributed by atoms with Crippen molar-refractivity contribution in [3.8, 4) is 5.75 Å². The maximum Gasteiger partial charge on any atom is 0.321 e. The van der Waals surface area contributed by atoms with Crippen molar-refractivity contribution >= 4 is 17.5 Å². The fraction of sp³-hybridized carbons (Fsp3) is 0.176. The number of phenols is 1. The van der Waals surface area contributed by atoms with Gasteiger partial charge < -0.3 is 15.3 Å². The van der Waals surface area contributed by atoms with Gasteiger partial charge in [-0.25, -0.2) is 4.79 Å². The molecular weight excluding hydrogens is 280 g/mol. The quantitative estimate of drug-likeness (QED) is 0.851. The first kappa shape index (κ1) is 15.6. The van der Waals surface area contributed by atoms with Gasteiger partial charge in [0.1, 0.15) is 5.75 Å². The van der Waals surface area contributed by atoms with Crippen LogP contribution in [0.5, 0.6) is 5.75 Å². The van der Waals surface area contributed by atoms with Crippen LogP contribution in [-0.4, -0.2) is 28.9 Å². The number of phenolic OH excluding ortho intramolecular Hbond substituents is 1. The lowest BCUT2D eigenvalue weighted by atomic mass is 10.1. The fourth-order valence-corrected chi connectivity index (χ4v) is 1.98. The smallest absolute Gasteiger partial charge is 0.321 e. The van der Waals surface area contributed by atoms with Crippen LogP contribution >= 0.6 is 0 Å². The van der Waals surface area contributed by atoms with Crippen LogP contribution in [0.4, 0.5) is 10.5 Å². The van der Waals surface area contributed by atoms with Crippen LogP contribution in [0.3, 0.4) is 0 Å². The number of nitrogens with zero attached hydrogens (tertiary/aromatic N) is 1. The number of para-hydroxylation sites is 1. The Balaban J connectivity index is 1.99. The summed E-state index contributed by atoms with van der Waals surface area (Å²) < 4.78 is 0. The van der Waals surface area contributed by atoms with Gasteiger partial charge in [-0.2, -0.15) is 0 Å². The lowest BCUT2D eigenvalue weighted by molar-refractivity contribution is 0.101. The highest BCUT2D eigenvalue weighted by atomic mass is 16.3. The maximum absolute atomic E-state index is 12.1. The molecule has 0 heterocycles. The number of ketones is 1. The Morgan fingerprint density at radius 3 is 2.32 bits per heavy atom. The minimum Gasteiger partial charge on any atom is -0.508 e. The second kappa shape index (κ2) is 6.76. The van der Waals surface area contributed by atoms with Gasteiger partial charge in [-0.15, -0.1) is 0 Å². The van der Waals surface area contributed by atoms with Crippen molar-refractivity contribution in [2.24, 2.45) is 0 Å². The molecule has 0 spiro atoms. The van der Waals surface area contributed by atoms with E-state index in [0.717, 1.165) is 0 Å². The number of carbonyl (C=O) groups is 2. The van der Waals surface area contributed by atoms with E-state index in [1.165, 1.54) is 11.8 Å². The molecule has 5 heteroatoms. The Kier molecular flexibility index (Phi) is 4.78. The molecule has 0 radical (unpaired) electrons. The summed E-state index contributed by atoms with van der Waals surface area (Å²) in [7, 11) is 1.64. The number of nitrogens with one attached hydrogen (secondary N) is 1. The average Bonchev–Trinajstić information content (AvgIpc) is 2.50. The molecule has 0 aliphatic heterocycles. The van der Waals surface area contributed by atoms with E-state index in [1.54, 1.807) is 55.6 Å². The lowest BCUT2D eigenvalue weighted by Crippen LogP contribution is -2.30. The highest BCUT2D eigenvalue weighted by molar-refractivity contribution is 5.95. The van der Waals surface area contributed by atoms with Crippen molar-refractivity contribution in [2.45, 2.75) is 13.5 Å². The van der Waals surface area contributed by atoms with Crippen molar-refractivity contribution in [1.29, 1.82) is 0 Å². The van der Waals surface area contributed by atoms with Crippen molar-refractivity contribution in [3.05, 3.63) is 59.7 Å². The minimum absolute atomic E-state index is 0.0189. The van der Waals surface area contributed by atoms with E-state index in [9.17, 15) is 14.7 Å². The molecule has 0 saturated heterocycles. The molecule has 2 aromatic rings. The molecule has 2 aromatic carbocycles. The van der Waals surface area contributed by atoms with Crippen molar-refractivity contribution in [1.82, 2.24) is 4.90 Å². The van der Waals surface area contributed by atoms with Gasteiger partial charge in [0.25, 0.3) is 0 Å². The maximum atomic E-state index is 12.1. The van der Waals surface area contributed by atoms with Crippen LogP contribution in [0.15, 0.2) is 48.5 Å².